The molecule has 1 amide bonds. The lowest BCUT2D eigenvalue weighted by molar-refractivity contribution is 0.0700. The van der Waals surface area contributed by atoms with Gasteiger partial charge >= 0.3 is 0 Å². The molecule has 1 aliphatic rings. The van der Waals surface area contributed by atoms with Gasteiger partial charge in [-0.3, -0.25) is 4.79 Å². The summed E-state index contributed by atoms with van der Waals surface area (Å²) in [6.07, 6.45) is 3.67. The Hall–Kier alpha value is -3.74. The zero-order valence-electron chi connectivity index (χ0n) is 17.7. The van der Waals surface area contributed by atoms with Crippen LogP contribution in [0.3, 0.4) is 0 Å². The Bertz CT molecular complexity index is 1290. The monoisotopic (exact) mass is 430 g/mol. The van der Waals surface area contributed by atoms with Gasteiger partial charge in [-0.1, -0.05) is 24.3 Å². The number of piperidine rings is 1. The molecule has 1 saturated heterocycles. The molecule has 0 radical (unpaired) electrons. The lowest BCUT2D eigenvalue weighted by Gasteiger charge is -2.31. The van der Waals surface area contributed by atoms with Crippen LogP contribution in [0.25, 0.3) is 16.8 Å². The molecule has 0 aliphatic carbocycles. The highest BCUT2D eigenvalue weighted by atomic mass is 19.1. The fourth-order valence-corrected chi connectivity index (χ4v) is 4.22. The third-order valence-corrected chi connectivity index (χ3v) is 5.93. The maximum Gasteiger partial charge on any atom is 0.256 e. The van der Waals surface area contributed by atoms with Crippen molar-refractivity contribution in [3.05, 3.63) is 84.1 Å². The predicted octanol–water partition coefficient (Wildman–Crippen LogP) is 4.56. The van der Waals surface area contributed by atoms with Crippen molar-refractivity contribution in [3.63, 3.8) is 0 Å². The summed E-state index contributed by atoms with van der Waals surface area (Å²) in [4.78, 5) is 19.3. The van der Waals surface area contributed by atoms with Gasteiger partial charge in [0.2, 0.25) is 0 Å². The van der Waals surface area contributed by atoms with Crippen molar-refractivity contribution < 1.29 is 13.9 Å². The number of amides is 1. The second-order valence-corrected chi connectivity index (χ2v) is 7.99. The molecule has 3 heterocycles. The molecule has 0 unspecified atom stereocenters. The molecule has 1 fully saturated rings. The van der Waals surface area contributed by atoms with Gasteiger partial charge in [-0.2, -0.15) is 5.10 Å². The fourth-order valence-electron chi connectivity index (χ4n) is 4.22. The number of carbonyl (C=O) groups excluding carboxylic acids is 1. The van der Waals surface area contributed by atoms with E-state index in [0.717, 1.165) is 35.4 Å². The second kappa shape index (κ2) is 8.42. The molecule has 0 N–H and O–H groups in total. The van der Waals surface area contributed by atoms with E-state index in [2.05, 4.69) is 0 Å². The van der Waals surface area contributed by atoms with Crippen LogP contribution in [0.4, 0.5) is 4.39 Å². The van der Waals surface area contributed by atoms with Crippen molar-refractivity contribution in [1.29, 1.82) is 0 Å². The summed E-state index contributed by atoms with van der Waals surface area (Å²) in [5.74, 6) is 0.745. The Morgan fingerprint density at radius 2 is 1.97 bits per heavy atom. The van der Waals surface area contributed by atoms with Crippen LogP contribution < -0.4 is 4.74 Å². The van der Waals surface area contributed by atoms with E-state index in [0.29, 0.717) is 18.9 Å². The van der Waals surface area contributed by atoms with Crippen molar-refractivity contribution in [2.75, 3.05) is 20.2 Å². The third kappa shape index (κ3) is 3.82. The van der Waals surface area contributed by atoms with Crippen molar-refractivity contribution in [3.8, 4) is 16.9 Å². The Morgan fingerprint density at radius 3 is 2.81 bits per heavy atom. The highest BCUT2D eigenvalue weighted by Crippen LogP contribution is 2.28. The van der Waals surface area contributed by atoms with Gasteiger partial charge in [0.15, 0.2) is 11.5 Å². The van der Waals surface area contributed by atoms with E-state index in [-0.39, 0.29) is 17.4 Å². The fraction of sp³-hybridized carbons (Fsp3) is 0.240. The molecule has 0 bridgehead atoms. The summed E-state index contributed by atoms with van der Waals surface area (Å²) in [6, 6.07) is 17.9. The van der Waals surface area contributed by atoms with Crippen LogP contribution in [0.2, 0.25) is 0 Å². The minimum absolute atomic E-state index is 0.0136. The molecular formula is C25H23FN4O2. The summed E-state index contributed by atoms with van der Waals surface area (Å²) in [6.45, 7) is 1.09. The van der Waals surface area contributed by atoms with Crippen LogP contribution in [-0.2, 0) is 0 Å². The lowest BCUT2D eigenvalue weighted by Crippen LogP contribution is -2.39. The van der Waals surface area contributed by atoms with Crippen LogP contribution in [0.1, 0.15) is 34.9 Å². The zero-order chi connectivity index (χ0) is 22.1. The van der Waals surface area contributed by atoms with Gasteiger partial charge in [0, 0.05) is 30.8 Å². The molecule has 1 aliphatic heterocycles. The summed E-state index contributed by atoms with van der Waals surface area (Å²) in [7, 11) is 1.65. The van der Waals surface area contributed by atoms with Crippen LogP contribution in [0, 0.1) is 5.82 Å². The Balaban J connectivity index is 1.39. The van der Waals surface area contributed by atoms with E-state index >= 15 is 0 Å². The summed E-state index contributed by atoms with van der Waals surface area (Å²) < 4.78 is 21.2. The van der Waals surface area contributed by atoms with Crippen molar-refractivity contribution in [1.82, 2.24) is 19.5 Å². The van der Waals surface area contributed by atoms with Gasteiger partial charge < -0.3 is 9.64 Å². The number of ether oxygens (including phenoxy) is 1. The van der Waals surface area contributed by atoms with Gasteiger partial charge in [-0.15, -0.1) is 0 Å². The number of methoxy groups -OCH3 is 1. The number of hydrogen-bond acceptors (Lipinski definition) is 4. The molecule has 2 aromatic carbocycles. The second-order valence-electron chi connectivity index (χ2n) is 7.99. The maximum atomic E-state index is 14.1. The molecule has 5 rings (SSSR count). The molecule has 2 aromatic heterocycles. The van der Waals surface area contributed by atoms with Crippen LogP contribution in [-0.4, -0.2) is 45.6 Å². The SMILES string of the molecule is COc1cccc(-c2ccc3nc([C@@H]4CCCN(C(=O)c5ccccc5F)C4)nn3c2)c1. The molecule has 32 heavy (non-hydrogen) atoms. The van der Waals surface area contributed by atoms with Gasteiger partial charge in [0.25, 0.3) is 5.91 Å². The summed E-state index contributed by atoms with van der Waals surface area (Å²) in [5, 5.41) is 4.71. The number of rotatable bonds is 4. The Kier molecular flexibility index (Phi) is 5.31. The van der Waals surface area contributed by atoms with Crippen molar-refractivity contribution in [2.24, 2.45) is 0 Å². The highest BCUT2D eigenvalue weighted by Gasteiger charge is 2.29. The molecular weight excluding hydrogens is 407 g/mol. The van der Waals surface area contributed by atoms with Gasteiger partial charge in [0.1, 0.15) is 11.6 Å². The number of fused-ring (bicyclic) bond motifs is 1. The van der Waals surface area contributed by atoms with Crippen LogP contribution in [0.15, 0.2) is 66.9 Å². The number of benzene rings is 2. The number of hydrogen-bond donors (Lipinski definition) is 0. The average molecular weight is 430 g/mol. The van der Waals surface area contributed by atoms with Gasteiger partial charge in [-0.25, -0.2) is 13.9 Å². The van der Waals surface area contributed by atoms with Crippen LogP contribution in [0.5, 0.6) is 5.75 Å². The number of pyridine rings is 1. The van der Waals surface area contributed by atoms with Crippen molar-refractivity contribution in [2.45, 2.75) is 18.8 Å². The smallest absolute Gasteiger partial charge is 0.256 e. The minimum atomic E-state index is -0.490. The Labute approximate surface area is 185 Å². The van der Waals surface area contributed by atoms with E-state index in [4.69, 9.17) is 14.8 Å². The van der Waals surface area contributed by atoms with Crippen LogP contribution >= 0.6 is 0 Å². The molecule has 0 spiro atoms. The predicted molar refractivity (Wildman–Crippen MR) is 119 cm³/mol. The first-order valence-electron chi connectivity index (χ1n) is 10.7. The third-order valence-electron chi connectivity index (χ3n) is 5.93. The molecule has 0 saturated carbocycles. The van der Waals surface area contributed by atoms with E-state index in [1.165, 1.54) is 12.1 Å². The first-order chi connectivity index (χ1) is 15.6. The normalized spacial score (nSPS) is 16.3. The molecule has 4 aromatic rings. The first-order valence-corrected chi connectivity index (χ1v) is 10.7. The highest BCUT2D eigenvalue weighted by molar-refractivity contribution is 5.94. The number of carbonyl (C=O) groups is 1. The molecule has 6 nitrogen and oxygen atoms in total. The molecule has 7 heteroatoms. The van der Waals surface area contributed by atoms with Gasteiger partial charge in [0.05, 0.1) is 12.7 Å². The van der Waals surface area contributed by atoms with Crippen molar-refractivity contribution >= 4 is 11.6 Å². The zero-order valence-corrected chi connectivity index (χ0v) is 17.7. The number of aromatic nitrogens is 3. The lowest BCUT2D eigenvalue weighted by atomic mass is 9.96. The van der Waals surface area contributed by atoms with E-state index < -0.39 is 5.82 Å². The number of likely N-dealkylation sites (tertiary alicyclic amines) is 1. The summed E-state index contributed by atoms with van der Waals surface area (Å²) in [5.41, 5.74) is 2.90. The quantitative estimate of drug-likeness (QED) is 0.476. The number of halogens is 1. The number of nitrogens with zero attached hydrogens (tertiary/aromatic N) is 4. The van der Waals surface area contributed by atoms with E-state index in [9.17, 15) is 9.18 Å². The standard InChI is InChI=1S/C25H23FN4O2/c1-32-20-8-4-6-17(14-20)18-11-12-23-27-24(28-30(23)16-18)19-7-5-13-29(15-19)25(31)21-9-2-3-10-22(21)26/h2-4,6,8-12,14,16,19H,5,7,13,15H2,1H3/t19-/m1/s1. The largest absolute Gasteiger partial charge is 0.497 e. The molecule has 162 valence electrons. The van der Waals surface area contributed by atoms with E-state index in [1.54, 1.807) is 28.7 Å². The first kappa shape index (κ1) is 20.2. The summed E-state index contributed by atoms with van der Waals surface area (Å²) >= 11 is 0. The average Bonchev–Trinajstić information content (AvgIpc) is 3.28. The minimum Gasteiger partial charge on any atom is -0.497 e. The Morgan fingerprint density at radius 1 is 1.09 bits per heavy atom. The maximum absolute atomic E-state index is 14.1. The topological polar surface area (TPSA) is 59.7 Å². The van der Waals surface area contributed by atoms with E-state index in [1.807, 2.05) is 42.6 Å². The van der Waals surface area contributed by atoms with Gasteiger partial charge in [-0.05, 0) is 54.8 Å². The molecule has 1 atom stereocenters.